The van der Waals surface area contributed by atoms with E-state index in [-0.39, 0.29) is 4.90 Å². The lowest BCUT2D eigenvalue weighted by Gasteiger charge is -2.35. The summed E-state index contributed by atoms with van der Waals surface area (Å²) < 4.78 is 38.0. The Bertz CT molecular complexity index is 804. The highest BCUT2D eigenvalue weighted by atomic mass is 32.2. The van der Waals surface area contributed by atoms with Crippen LogP contribution in [0.5, 0.6) is 5.75 Å². The van der Waals surface area contributed by atoms with Crippen molar-refractivity contribution in [3.63, 3.8) is 0 Å². The van der Waals surface area contributed by atoms with Gasteiger partial charge in [-0.25, -0.2) is 8.42 Å². The molecule has 0 radical (unpaired) electrons. The van der Waals surface area contributed by atoms with Crippen LogP contribution >= 0.6 is 0 Å². The van der Waals surface area contributed by atoms with Crippen LogP contribution in [0.3, 0.4) is 0 Å². The Hall–Kier alpha value is -2.25. The van der Waals surface area contributed by atoms with E-state index in [1.807, 2.05) is 12.1 Å². The summed E-state index contributed by atoms with van der Waals surface area (Å²) in [5.74, 6) is 0.614. The zero-order chi connectivity index (χ0) is 17.9. The first-order valence-corrected chi connectivity index (χ1v) is 9.59. The molecule has 7 heteroatoms. The normalized spacial score (nSPS) is 18.0. The SMILES string of the molecule is COc1ccc(S(=O)(=O)Nc2ccc(N3CCOCC3C)cc2)cc1. The summed E-state index contributed by atoms with van der Waals surface area (Å²) in [7, 11) is -2.09. The maximum absolute atomic E-state index is 12.5. The molecule has 1 aliphatic heterocycles. The standard InChI is InChI=1S/C18H22N2O4S/c1-14-13-24-12-11-20(14)16-5-3-15(4-6-16)19-25(21,22)18-9-7-17(23-2)8-10-18/h3-10,14,19H,11-13H2,1-2H3. The van der Waals surface area contributed by atoms with Crippen molar-refractivity contribution in [2.24, 2.45) is 0 Å². The molecule has 6 nitrogen and oxygen atoms in total. The first-order valence-electron chi connectivity index (χ1n) is 8.11. The highest BCUT2D eigenvalue weighted by Crippen LogP contribution is 2.24. The van der Waals surface area contributed by atoms with E-state index in [0.29, 0.717) is 30.7 Å². The lowest BCUT2D eigenvalue weighted by Crippen LogP contribution is -2.43. The molecular weight excluding hydrogens is 340 g/mol. The molecule has 1 saturated heterocycles. The third kappa shape index (κ3) is 4.05. The fraction of sp³-hybridized carbons (Fsp3) is 0.333. The molecule has 0 bridgehead atoms. The van der Waals surface area contributed by atoms with Crippen molar-refractivity contribution in [1.82, 2.24) is 0 Å². The van der Waals surface area contributed by atoms with Crippen LogP contribution in [0.2, 0.25) is 0 Å². The summed E-state index contributed by atoms with van der Waals surface area (Å²) in [4.78, 5) is 2.45. The van der Waals surface area contributed by atoms with Gasteiger partial charge < -0.3 is 14.4 Å². The van der Waals surface area contributed by atoms with Crippen LogP contribution in [0, 0.1) is 0 Å². The summed E-state index contributed by atoms with van der Waals surface area (Å²) in [6, 6.07) is 14.0. The molecule has 0 aliphatic carbocycles. The Morgan fingerprint density at radius 3 is 2.40 bits per heavy atom. The van der Waals surface area contributed by atoms with Gasteiger partial charge in [0.15, 0.2) is 0 Å². The molecule has 1 unspecified atom stereocenters. The molecule has 25 heavy (non-hydrogen) atoms. The van der Waals surface area contributed by atoms with E-state index in [9.17, 15) is 8.42 Å². The molecule has 1 aliphatic rings. The molecule has 0 saturated carbocycles. The molecule has 3 rings (SSSR count). The van der Waals surface area contributed by atoms with Crippen LogP contribution in [-0.2, 0) is 14.8 Å². The minimum absolute atomic E-state index is 0.194. The average molecular weight is 362 g/mol. The van der Waals surface area contributed by atoms with Gasteiger partial charge in [-0.15, -0.1) is 0 Å². The van der Waals surface area contributed by atoms with Crippen LogP contribution in [0.4, 0.5) is 11.4 Å². The number of hydrogen-bond donors (Lipinski definition) is 1. The molecular formula is C18H22N2O4S. The molecule has 1 atom stereocenters. The van der Waals surface area contributed by atoms with Crippen LogP contribution in [0.25, 0.3) is 0 Å². The van der Waals surface area contributed by atoms with Gasteiger partial charge in [-0.2, -0.15) is 0 Å². The van der Waals surface area contributed by atoms with E-state index in [0.717, 1.165) is 12.2 Å². The Kier molecular flexibility index (Phi) is 5.15. The fourth-order valence-electron chi connectivity index (χ4n) is 2.80. The second-order valence-electron chi connectivity index (χ2n) is 5.95. The van der Waals surface area contributed by atoms with Gasteiger partial charge >= 0.3 is 0 Å². The average Bonchev–Trinajstić information content (AvgIpc) is 2.63. The van der Waals surface area contributed by atoms with Gasteiger partial charge in [0.1, 0.15) is 5.75 Å². The maximum atomic E-state index is 12.5. The van der Waals surface area contributed by atoms with Crippen LogP contribution < -0.4 is 14.4 Å². The number of ether oxygens (including phenoxy) is 2. The van der Waals surface area contributed by atoms with Crippen molar-refractivity contribution in [2.45, 2.75) is 17.9 Å². The number of nitrogens with zero attached hydrogens (tertiary/aromatic N) is 1. The number of nitrogens with one attached hydrogen (secondary N) is 1. The maximum Gasteiger partial charge on any atom is 0.261 e. The van der Waals surface area contributed by atoms with Crippen molar-refractivity contribution < 1.29 is 17.9 Å². The molecule has 1 N–H and O–H groups in total. The number of methoxy groups -OCH3 is 1. The zero-order valence-corrected chi connectivity index (χ0v) is 15.1. The predicted octanol–water partition coefficient (Wildman–Crippen LogP) is 2.72. The molecule has 0 aromatic heterocycles. The lowest BCUT2D eigenvalue weighted by atomic mass is 10.2. The topological polar surface area (TPSA) is 67.9 Å². The van der Waals surface area contributed by atoms with E-state index in [4.69, 9.17) is 9.47 Å². The highest BCUT2D eigenvalue weighted by molar-refractivity contribution is 7.92. The van der Waals surface area contributed by atoms with Gasteiger partial charge in [0.25, 0.3) is 10.0 Å². The van der Waals surface area contributed by atoms with E-state index >= 15 is 0 Å². The third-order valence-corrected chi connectivity index (χ3v) is 5.59. The second kappa shape index (κ2) is 7.33. The minimum Gasteiger partial charge on any atom is -0.497 e. The predicted molar refractivity (Wildman–Crippen MR) is 97.9 cm³/mol. The lowest BCUT2D eigenvalue weighted by molar-refractivity contribution is 0.0989. The van der Waals surface area contributed by atoms with Gasteiger partial charge in [-0.3, -0.25) is 4.72 Å². The highest BCUT2D eigenvalue weighted by Gasteiger charge is 2.19. The van der Waals surface area contributed by atoms with E-state index < -0.39 is 10.0 Å². The Balaban J connectivity index is 1.73. The fourth-order valence-corrected chi connectivity index (χ4v) is 3.86. The minimum atomic E-state index is -3.63. The van der Waals surface area contributed by atoms with Crippen molar-refractivity contribution in [2.75, 3.05) is 36.5 Å². The number of morpholine rings is 1. The molecule has 1 fully saturated rings. The van der Waals surface area contributed by atoms with Crippen molar-refractivity contribution >= 4 is 21.4 Å². The zero-order valence-electron chi connectivity index (χ0n) is 14.3. The number of anilines is 2. The van der Waals surface area contributed by atoms with E-state index in [1.165, 1.54) is 12.1 Å². The quantitative estimate of drug-likeness (QED) is 0.886. The van der Waals surface area contributed by atoms with Crippen molar-refractivity contribution in [3.8, 4) is 5.75 Å². The molecule has 134 valence electrons. The summed E-state index contributed by atoms with van der Waals surface area (Å²) in [6.07, 6.45) is 0. The molecule has 1 heterocycles. The van der Waals surface area contributed by atoms with Crippen LogP contribution in [0.15, 0.2) is 53.4 Å². The summed E-state index contributed by atoms with van der Waals surface area (Å²) in [5, 5.41) is 0. The summed E-state index contributed by atoms with van der Waals surface area (Å²) >= 11 is 0. The van der Waals surface area contributed by atoms with Crippen molar-refractivity contribution in [3.05, 3.63) is 48.5 Å². The number of hydrogen-bond acceptors (Lipinski definition) is 5. The van der Waals surface area contributed by atoms with Gasteiger partial charge in [0.05, 0.1) is 25.2 Å². The third-order valence-electron chi connectivity index (χ3n) is 4.19. The van der Waals surface area contributed by atoms with Crippen molar-refractivity contribution in [1.29, 1.82) is 0 Å². The molecule has 0 amide bonds. The smallest absolute Gasteiger partial charge is 0.261 e. The largest absolute Gasteiger partial charge is 0.497 e. The summed E-state index contributed by atoms with van der Waals surface area (Å²) in [5.41, 5.74) is 1.59. The van der Waals surface area contributed by atoms with Crippen LogP contribution in [0.1, 0.15) is 6.92 Å². The second-order valence-corrected chi connectivity index (χ2v) is 7.63. The molecule has 0 spiro atoms. The molecule has 2 aromatic carbocycles. The Morgan fingerprint density at radius 2 is 1.80 bits per heavy atom. The Labute approximate surface area is 148 Å². The summed E-state index contributed by atoms with van der Waals surface area (Å²) in [6.45, 7) is 4.35. The van der Waals surface area contributed by atoms with Gasteiger partial charge in [0.2, 0.25) is 0 Å². The first-order chi connectivity index (χ1) is 12.0. The molecule has 2 aromatic rings. The van der Waals surface area contributed by atoms with Crippen LogP contribution in [-0.4, -0.2) is 41.3 Å². The first kappa shape index (κ1) is 17.6. The number of benzene rings is 2. The van der Waals surface area contributed by atoms with Gasteiger partial charge in [0, 0.05) is 24.0 Å². The number of sulfonamides is 1. The van der Waals surface area contributed by atoms with Gasteiger partial charge in [-0.05, 0) is 55.5 Å². The monoisotopic (exact) mass is 362 g/mol. The van der Waals surface area contributed by atoms with Gasteiger partial charge in [-0.1, -0.05) is 0 Å². The van der Waals surface area contributed by atoms with E-state index in [1.54, 1.807) is 31.4 Å². The Morgan fingerprint density at radius 1 is 1.12 bits per heavy atom. The number of rotatable bonds is 5. The van der Waals surface area contributed by atoms with E-state index in [2.05, 4.69) is 16.5 Å².